The third-order valence-corrected chi connectivity index (χ3v) is 9.40. The number of nitrogens with one attached hydrogen (secondary N) is 3. The zero-order valence-corrected chi connectivity index (χ0v) is 28.5. The van der Waals surface area contributed by atoms with Gasteiger partial charge in [-0.1, -0.05) is 67.6 Å². The first-order chi connectivity index (χ1) is 23.9. The summed E-state index contributed by atoms with van der Waals surface area (Å²) < 4.78 is 5.34. The molecule has 5 aromatic rings. The van der Waals surface area contributed by atoms with Gasteiger partial charge in [0.1, 0.15) is 16.3 Å². The van der Waals surface area contributed by atoms with Crippen LogP contribution in [0.1, 0.15) is 46.5 Å². The van der Waals surface area contributed by atoms with E-state index >= 15 is 0 Å². The van der Waals surface area contributed by atoms with Gasteiger partial charge in [0.2, 0.25) is 5.91 Å². The maximum atomic E-state index is 13.6. The average Bonchev–Trinajstić information content (AvgIpc) is 3.55. The second-order valence-corrected chi connectivity index (χ2v) is 12.7. The standard InChI is InChI=1S/C38H34N4O5S2/c1-3-32(36(45)42-37-33(38(46)47-4-2)30(24-48-37)26-14-7-5-8-15-26)49-29-19-11-18-28(22-29)40-35(44)31(21-25-13-12-20-39-23-25)41-34(43)27-16-9-6-10-17-27/h5-24,32H,3-4H2,1-2H3,(H,40,44)(H,41,43)(H,42,45)/b31-21-. The third kappa shape index (κ3) is 9.31. The molecule has 248 valence electrons. The number of aromatic nitrogens is 1. The van der Waals surface area contributed by atoms with E-state index in [-0.39, 0.29) is 18.2 Å². The Morgan fingerprint density at radius 1 is 0.898 bits per heavy atom. The normalized spacial score (nSPS) is 11.7. The maximum absolute atomic E-state index is 13.6. The Kier molecular flexibility index (Phi) is 12.1. The predicted molar refractivity (Wildman–Crippen MR) is 195 cm³/mol. The maximum Gasteiger partial charge on any atom is 0.341 e. The number of esters is 1. The molecule has 2 heterocycles. The van der Waals surface area contributed by atoms with E-state index in [1.807, 2.05) is 48.7 Å². The number of hydrogen-bond donors (Lipinski definition) is 3. The molecule has 0 bridgehead atoms. The highest BCUT2D eigenvalue weighted by molar-refractivity contribution is 8.00. The summed E-state index contributed by atoms with van der Waals surface area (Å²) in [6, 6.07) is 28.7. The van der Waals surface area contributed by atoms with Crippen molar-refractivity contribution in [2.45, 2.75) is 30.4 Å². The molecule has 0 aliphatic rings. The lowest BCUT2D eigenvalue weighted by Gasteiger charge is -2.16. The molecule has 1 unspecified atom stereocenters. The summed E-state index contributed by atoms with van der Waals surface area (Å²) >= 11 is 2.61. The minimum atomic E-state index is -0.529. The van der Waals surface area contributed by atoms with Crippen molar-refractivity contribution >= 4 is 63.6 Å². The van der Waals surface area contributed by atoms with Gasteiger partial charge in [-0.05, 0) is 66.9 Å². The number of anilines is 2. The van der Waals surface area contributed by atoms with Gasteiger partial charge in [-0.15, -0.1) is 23.1 Å². The van der Waals surface area contributed by atoms with Gasteiger partial charge >= 0.3 is 5.97 Å². The van der Waals surface area contributed by atoms with E-state index in [9.17, 15) is 19.2 Å². The zero-order chi connectivity index (χ0) is 34.6. The first-order valence-corrected chi connectivity index (χ1v) is 17.3. The Balaban J connectivity index is 1.31. The number of pyridine rings is 1. The zero-order valence-electron chi connectivity index (χ0n) is 26.8. The minimum absolute atomic E-state index is 0.0361. The van der Waals surface area contributed by atoms with Crippen molar-refractivity contribution in [2.24, 2.45) is 0 Å². The Bertz CT molecular complexity index is 1950. The van der Waals surface area contributed by atoms with Crippen LogP contribution >= 0.6 is 23.1 Å². The molecule has 49 heavy (non-hydrogen) atoms. The molecule has 0 radical (unpaired) electrons. The Hall–Kier alpha value is -5.52. The summed E-state index contributed by atoms with van der Waals surface area (Å²) in [6.07, 6.45) is 5.26. The van der Waals surface area contributed by atoms with Gasteiger partial charge < -0.3 is 20.7 Å². The van der Waals surface area contributed by atoms with Crippen molar-refractivity contribution in [2.75, 3.05) is 17.2 Å². The Labute approximate surface area is 292 Å². The van der Waals surface area contributed by atoms with Crippen molar-refractivity contribution in [3.63, 3.8) is 0 Å². The highest BCUT2D eigenvalue weighted by atomic mass is 32.2. The van der Waals surface area contributed by atoms with Gasteiger partial charge in [0, 0.05) is 39.5 Å². The molecule has 0 fully saturated rings. The van der Waals surface area contributed by atoms with Crippen LogP contribution in [0.15, 0.2) is 125 Å². The van der Waals surface area contributed by atoms with Crippen LogP contribution in [-0.4, -0.2) is 40.5 Å². The largest absolute Gasteiger partial charge is 0.462 e. The number of hydrogen-bond acceptors (Lipinski definition) is 8. The number of carbonyl (C=O) groups excluding carboxylic acids is 4. The number of nitrogens with zero attached hydrogens (tertiary/aromatic N) is 1. The van der Waals surface area contributed by atoms with Crippen LogP contribution in [0, 0.1) is 0 Å². The number of benzene rings is 3. The van der Waals surface area contributed by atoms with Crippen molar-refractivity contribution < 1.29 is 23.9 Å². The highest BCUT2D eigenvalue weighted by Crippen LogP contribution is 2.37. The number of thioether (sulfide) groups is 1. The summed E-state index contributed by atoms with van der Waals surface area (Å²) in [7, 11) is 0. The van der Waals surface area contributed by atoms with Gasteiger partial charge in [-0.2, -0.15) is 0 Å². The van der Waals surface area contributed by atoms with Gasteiger partial charge in [-0.3, -0.25) is 19.4 Å². The van der Waals surface area contributed by atoms with E-state index in [1.165, 1.54) is 23.1 Å². The fourth-order valence-electron chi connectivity index (χ4n) is 4.78. The first-order valence-electron chi connectivity index (χ1n) is 15.6. The summed E-state index contributed by atoms with van der Waals surface area (Å²) in [5.41, 5.74) is 3.42. The summed E-state index contributed by atoms with van der Waals surface area (Å²) in [5.74, 6) is -1.73. The van der Waals surface area contributed by atoms with Gasteiger partial charge in [0.05, 0.1) is 11.9 Å². The molecule has 2 aromatic heterocycles. The quantitative estimate of drug-likeness (QED) is 0.0651. The van der Waals surface area contributed by atoms with E-state index in [1.54, 1.807) is 86.1 Å². The number of rotatable bonds is 13. The second-order valence-electron chi connectivity index (χ2n) is 10.6. The lowest BCUT2D eigenvalue weighted by Crippen LogP contribution is -2.30. The molecule has 11 heteroatoms. The lowest BCUT2D eigenvalue weighted by atomic mass is 10.0. The fourth-order valence-corrected chi connectivity index (χ4v) is 6.75. The highest BCUT2D eigenvalue weighted by Gasteiger charge is 2.26. The molecule has 0 saturated heterocycles. The van der Waals surface area contributed by atoms with Crippen molar-refractivity contribution in [3.8, 4) is 11.1 Å². The molecule has 0 spiro atoms. The molecule has 5 rings (SSSR count). The van der Waals surface area contributed by atoms with E-state index in [2.05, 4.69) is 20.9 Å². The monoisotopic (exact) mass is 690 g/mol. The Morgan fingerprint density at radius 2 is 1.65 bits per heavy atom. The fraction of sp³-hybridized carbons (Fsp3) is 0.132. The molecule has 3 aromatic carbocycles. The number of carbonyl (C=O) groups is 4. The third-order valence-electron chi connectivity index (χ3n) is 7.15. The summed E-state index contributed by atoms with van der Waals surface area (Å²) in [6.45, 7) is 3.85. The van der Waals surface area contributed by atoms with Crippen LogP contribution in [-0.2, 0) is 14.3 Å². The molecule has 1 atom stereocenters. The van der Waals surface area contributed by atoms with E-state index in [0.717, 1.165) is 10.5 Å². The predicted octanol–water partition coefficient (Wildman–Crippen LogP) is 7.91. The van der Waals surface area contributed by atoms with Crippen LogP contribution in [0.2, 0.25) is 0 Å². The van der Waals surface area contributed by atoms with Crippen LogP contribution in [0.25, 0.3) is 17.2 Å². The van der Waals surface area contributed by atoms with Crippen LogP contribution in [0.5, 0.6) is 0 Å². The summed E-state index contributed by atoms with van der Waals surface area (Å²) in [4.78, 5) is 57.9. The molecule has 9 nitrogen and oxygen atoms in total. The van der Waals surface area contributed by atoms with Crippen molar-refractivity contribution in [1.29, 1.82) is 0 Å². The SMILES string of the molecule is CCOC(=O)c1c(-c2ccccc2)csc1NC(=O)C(CC)Sc1cccc(NC(=O)/C(=C/c2cccnc2)NC(=O)c2ccccc2)c1. The van der Waals surface area contributed by atoms with Crippen molar-refractivity contribution in [1.82, 2.24) is 10.3 Å². The molecule has 0 saturated carbocycles. The number of amides is 3. The van der Waals surface area contributed by atoms with Crippen LogP contribution < -0.4 is 16.0 Å². The first kappa shape index (κ1) is 34.8. The smallest absolute Gasteiger partial charge is 0.341 e. The number of ether oxygens (including phenoxy) is 1. The molecule has 0 aliphatic heterocycles. The van der Waals surface area contributed by atoms with Crippen LogP contribution in [0.3, 0.4) is 0 Å². The van der Waals surface area contributed by atoms with Gasteiger partial charge in [0.15, 0.2) is 0 Å². The summed E-state index contributed by atoms with van der Waals surface area (Å²) in [5, 5.41) is 10.3. The molecule has 3 amide bonds. The lowest BCUT2D eigenvalue weighted by molar-refractivity contribution is -0.116. The van der Waals surface area contributed by atoms with Gasteiger partial charge in [0.25, 0.3) is 11.8 Å². The molecule has 3 N–H and O–H groups in total. The van der Waals surface area contributed by atoms with E-state index in [4.69, 9.17) is 4.74 Å². The van der Waals surface area contributed by atoms with E-state index < -0.39 is 23.0 Å². The second kappa shape index (κ2) is 17.0. The molecule has 0 aliphatic carbocycles. The van der Waals surface area contributed by atoms with E-state index in [0.29, 0.717) is 39.4 Å². The average molecular weight is 691 g/mol. The Morgan fingerprint density at radius 3 is 2.35 bits per heavy atom. The number of thiophene rings is 1. The molecular formula is C38H34N4O5S2. The van der Waals surface area contributed by atoms with Crippen molar-refractivity contribution in [3.05, 3.63) is 137 Å². The van der Waals surface area contributed by atoms with Crippen LogP contribution in [0.4, 0.5) is 10.7 Å². The topological polar surface area (TPSA) is 126 Å². The van der Waals surface area contributed by atoms with Gasteiger partial charge in [-0.25, -0.2) is 4.79 Å². The minimum Gasteiger partial charge on any atom is -0.462 e. The molecular weight excluding hydrogens is 657 g/mol.